The lowest BCUT2D eigenvalue weighted by molar-refractivity contribution is 0.770. The number of fused-ring (bicyclic) bond motifs is 1. The van der Waals surface area contributed by atoms with Gasteiger partial charge in [-0.15, -0.1) is 0 Å². The topological polar surface area (TPSA) is 82.5 Å². The van der Waals surface area contributed by atoms with Crippen molar-refractivity contribution < 1.29 is 0 Å². The number of anilines is 1. The maximum atomic E-state index is 5.82. The predicted octanol–water partition coefficient (Wildman–Crippen LogP) is 2.67. The van der Waals surface area contributed by atoms with E-state index in [2.05, 4.69) is 26.1 Å². The van der Waals surface area contributed by atoms with Crippen LogP contribution in [-0.4, -0.2) is 24.7 Å². The van der Waals surface area contributed by atoms with Gasteiger partial charge < -0.3 is 5.73 Å². The van der Waals surface area contributed by atoms with Gasteiger partial charge in [-0.3, -0.25) is 14.6 Å². The van der Waals surface area contributed by atoms with Gasteiger partial charge in [0.2, 0.25) is 0 Å². The summed E-state index contributed by atoms with van der Waals surface area (Å²) in [5.74, 6) is 0.372. The Kier molecular flexibility index (Phi) is 3.01. The van der Waals surface area contributed by atoms with E-state index in [1.54, 1.807) is 17.1 Å². The van der Waals surface area contributed by atoms with E-state index in [-0.39, 0.29) is 0 Å². The quantitative estimate of drug-likeness (QED) is 0.615. The molecule has 0 aliphatic rings. The number of nitrogens with zero attached hydrogens (tertiary/aromatic N) is 5. The number of rotatable bonds is 2. The lowest BCUT2D eigenvalue weighted by Crippen LogP contribution is -1.99. The SMILES string of the molecule is Cn1ccc(-c2nc(N)cnc2-c2ccc3ncccc3c2)n1. The lowest BCUT2D eigenvalue weighted by Gasteiger charge is -2.08. The standard InChI is InChI=1S/C17H14N6/c1-23-8-6-14(22-23)17-16(20-10-15(18)21-17)12-4-5-13-11(9-12)3-2-7-19-13/h2-10H,1H3,(H2,18,21). The molecule has 6 nitrogen and oxygen atoms in total. The third-order valence-electron chi connectivity index (χ3n) is 3.62. The van der Waals surface area contributed by atoms with E-state index in [9.17, 15) is 0 Å². The monoisotopic (exact) mass is 302 g/mol. The Bertz CT molecular complexity index is 1000. The summed E-state index contributed by atoms with van der Waals surface area (Å²) >= 11 is 0. The molecule has 1 aromatic carbocycles. The highest BCUT2D eigenvalue weighted by atomic mass is 15.3. The first-order valence-electron chi connectivity index (χ1n) is 7.18. The molecule has 4 rings (SSSR count). The van der Waals surface area contributed by atoms with Gasteiger partial charge in [-0.1, -0.05) is 12.1 Å². The first-order chi connectivity index (χ1) is 11.2. The Morgan fingerprint density at radius 3 is 2.78 bits per heavy atom. The van der Waals surface area contributed by atoms with Gasteiger partial charge in [0.1, 0.15) is 17.2 Å². The van der Waals surface area contributed by atoms with Crippen molar-refractivity contribution >= 4 is 16.7 Å². The largest absolute Gasteiger partial charge is 0.382 e. The van der Waals surface area contributed by atoms with Crippen molar-refractivity contribution in [2.45, 2.75) is 0 Å². The second-order valence-corrected chi connectivity index (χ2v) is 5.28. The van der Waals surface area contributed by atoms with Crippen LogP contribution in [0.3, 0.4) is 0 Å². The van der Waals surface area contributed by atoms with Gasteiger partial charge in [0, 0.05) is 30.4 Å². The predicted molar refractivity (Wildman–Crippen MR) is 89.4 cm³/mol. The maximum Gasteiger partial charge on any atom is 0.142 e. The second kappa shape index (κ2) is 5.17. The van der Waals surface area contributed by atoms with E-state index in [0.29, 0.717) is 11.5 Å². The average Bonchev–Trinajstić information content (AvgIpc) is 3.01. The van der Waals surface area contributed by atoms with Gasteiger partial charge in [0.05, 0.1) is 17.4 Å². The van der Waals surface area contributed by atoms with Crippen molar-refractivity contribution in [1.82, 2.24) is 24.7 Å². The van der Waals surface area contributed by atoms with Gasteiger partial charge in [0.25, 0.3) is 0 Å². The highest BCUT2D eigenvalue weighted by Crippen LogP contribution is 2.29. The maximum absolute atomic E-state index is 5.82. The number of pyridine rings is 1. The van der Waals surface area contributed by atoms with Gasteiger partial charge in [0.15, 0.2) is 0 Å². The third-order valence-corrected chi connectivity index (χ3v) is 3.62. The average molecular weight is 302 g/mol. The molecule has 0 aliphatic heterocycles. The zero-order chi connectivity index (χ0) is 15.8. The van der Waals surface area contributed by atoms with Crippen LogP contribution in [-0.2, 0) is 7.05 Å². The van der Waals surface area contributed by atoms with Crippen LogP contribution in [0.25, 0.3) is 33.5 Å². The van der Waals surface area contributed by atoms with Crippen LogP contribution in [0.15, 0.2) is 55.0 Å². The molecule has 2 N–H and O–H groups in total. The van der Waals surface area contributed by atoms with Crippen molar-refractivity contribution in [3.63, 3.8) is 0 Å². The molecule has 0 unspecified atom stereocenters. The van der Waals surface area contributed by atoms with E-state index < -0.39 is 0 Å². The first-order valence-corrected chi connectivity index (χ1v) is 7.18. The summed E-state index contributed by atoms with van der Waals surface area (Å²) in [5, 5.41) is 5.47. The zero-order valence-electron chi connectivity index (χ0n) is 12.5. The molecule has 4 aromatic rings. The fourth-order valence-electron chi connectivity index (χ4n) is 2.56. The minimum absolute atomic E-state index is 0.372. The number of nitrogens with two attached hydrogens (primary N) is 1. The molecule has 0 atom stereocenters. The molecule has 0 spiro atoms. The molecule has 112 valence electrons. The molecule has 0 saturated heterocycles. The van der Waals surface area contributed by atoms with Crippen LogP contribution in [0, 0.1) is 0 Å². The number of aryl methyl sites for hydroxylation is 1. The Morgan fingerprint density at radius 2 is 1.96 bits per heavy atom. The zero-order valence-corrected chi connectivity index (χ0v) is 12.5. The van der Waals surface area contributed by atoms with Crippen molar-refractivity contribution in [2.75, 3.05) is 5.73 Å². The first kappa shape index (κ1) is 13.4. The molecule has 0 amide bonds. The molecule has 0 bridgehead atoms. The summed E-state index contributed by atoms with van der Waals surface area (Å²) in [6.45, 7) is 0. The normalized spacial score (nSPS) is 11.0. The van der Waals surface area contributed by atoms with E-state index in [4.69, 9.17) is 5.73 Å². The second-order valence-electron chi connectivity index (χ2n) is 5.28. The van der Waals surface area contributed by atoms with Crippen LogP contribution in [0.4, 0.5) is 5.82 Å². The number of hydrogen-bond donors (Lipinski definition) is 1. The van der Waals surface area contributed by atoms with Crippen LogP contribution >= 0.6 is 0 Å². The van der Waals surface area contributed by atoms with Gasteiger partial charge >= 0.3 is 0 Å². The summed E-state index contributed by atoms with van der Waals surface area (Å²) in [6.07, 6.45) is 5.22. The van der Waals surface area contributed by atoms with Crippen LogP contribution in [0.5, 0.6) is 0 Å². The Hall–Kier alpha value is -3.28. The molecule has 3 aromatic heterocycles. The molecule has 6 heteroatoms. The Balaban J connectivity index is 1.93. The Labute approximate surface area is 132 Å². The number of aromatic nitrogens is 5. The molecule has 0 radical (unpaired) electrons. The van der Waals surface area contributed by atoms with Gasteiger partial charge in [-0.2, -0.15) is 5.10 Å². The number of hydrogen-bond acceptors (Lipinski definition) is 5. The highest BCUT2D eigenvalue weighted by molar-refractivity contribution is 5.86. The summed E-state index contributed by atoms with van der Waals surface area (Å²) < 4.78 is 1.73. The molecule has 0 aliphatic carbocycles. The molecular formula is C17H14N6. The van der Waals surface area contributed by atoms with Gasteiger partial charge in [-0.25, -0.2) is 4.98 Å². The molecule has 23 heavy (non-hydrogen) atoms. The summed E-state index contributed by atoms with van der Waals surface area (Å²) in [4.78, 5) is 13.3. The summed E-state index contributed by atoms with van der Waals surface area (Å²) in [6, 6.07) is 11.9. The molecule has 0 saturated carbocycles. The van der Waals surface area contributed by atoms with Crippen LogP contribution < -0.4 is 5.73 Å². The molecular weight excluding hydrogens is 288 g/mol. The molecule has 0 fully saturated rings. The van der Waals surface area contributed by atoms with Crippen molar-refractivity contribution in [2.24, 2.45) is 7.05 Å². The number of nitrogen functional groups attached to an aromatic ring is 1. The van der Waals surface area contributed by atoms with Crippen molar-refractivity contribution in [3.05, 3.63) is 55.0 Å². The fraction of sp³-hybridized carbons (Fsp3) is 0.0588. The Morgan fingerprint density at radius 1 is 1.04 bits per heavy atom. The third kappa shape index (κ3) is 2.40. The number of benzene rings is 1. The van der Waals surface area contributed by atoms with Crippen molar-refractivity contribution in [3.8, 4) is 22.6 Å². The minimum atomic E-state index is 0.372. The minimum Gasteiger partial charge on any atom is -0.382 e. The van der Waals surface area contributed by atoms with Crippen molar-refractivity contribution in [1.29, 1.82) is 0 Å². The fourth-order valence-corrected chi connectivity index (χ4v) is 2.56. The van der Waals surface area contributed by atoms with E-state index in [1.807, 2.05) is 43.6 Å². The van der Waals surface area contributed by atoms with E-state index in [0.717, 1.165) is 27.9 Å². The summed E-state index contributed by atoms with van der Waals surface area (Å²) in [5.41, 5.74) is 9.90. The summed E-state index contributed by atoms with van der Waals surface area (Å²) in [7, 11) is 1.87. The lowest BCUT2D eigenvalue weighted by atomic mass is 10.1. The highest BCUT2D eigenvalue weighted by Gasteiger charge is 2.14. The molecule has 3 heterocycles. The van der Waals surface area contributed by atoms with Gasteiger partial charge in [-0.05, 0) is 24.3 Å². The smallest absolute Gasteiger partial charge is 0.142 e. The van der Waals surface area contributed by atoms with Crippen LogP contribution in [0.2, 0.25) is 0 Å². The van der Waals surface area contributed by atoms with E-state index >= 15 is 0 Å². The van der Waals surface area contributed by atoms with Crippen LogP contribution in [0.1, 0.15) is 0 Å². The van der Waals surface area contributed by atoms with E-state index in [1.165, 1.54) is 0 Å².